The summed E-state index contributed by atoms with van der Waals surface area (Å²) in [5.74, 6) is 4.04. The van der Waals surface area contributed by atoms with Crippen LogP contribution in [0.15, 0.2) is 24.3 Å². The lowest BCUT2D eigenvalue weighted by Gasteiger charge is -2.74. The van der Waals surface area contributed by atoms with Crippen molar-refractivity contribution in [3.8, 4) is 0 Å². The van der Waals surface area contributed by atoms with Crippen LogP contribution in [0.1, 0.15) is 221 Å². The molecule has 0 heterocycles. The van der Waals surface area contributed by atoms with E-state index >= 15 is 0 Å². The number of hydrogen-bond donors (Lipinski definition) is 0. The summed E-state index contributed by atoms with van der Waals surface area (Å²) in [7, 11) is -0.267. The molecule has 8 atom stereocenters. The third-order valence-corrected chi connectivity index (χ3v) is 30.3. The molecule has 16 aliphatic rings. The topological polar surface area (TPSA) is 0 Å². The molecule has 16 bridgehead atoms. The van der Waals surface area contributed by atoms with E-state index in [9.17, 15) is 0 Å². The zero-order valence-corrected chi connectivity index (χ0v) is 40.7. The summed E-state index contributed by atoms with van der Waals surface area (Å²) in [6.07, 6.45) is 40.8. The van der Waals surface area contributed by atoms with E-state index < -0.39 is 0 Å². The summed E-state index contributed by atoms with van der Waals surface area (Å²) in [6, 6.07) is 10.7. The zero-order chi connectivity index (χ0) is 39.8. The summed E-state index contributed by atoms with van der Waals surface area (Å²) in [6.45, 7) is 22.4. The van der Waals surface area contributed by atoms with Gasteiger partial charge < -0.3 is 0 Å². The van der Waals surface area contributed by atoms with Gasteiger partial charge in [0.2, 0.25) is 0 Å². The van der Waals surface area contributed by atoms with Crippen molar-refractivity contribution in [1.82, 2.24) is 0 Å². The molecule has 2 heteroatoms. The first-order chi connectivity index (χ1) is 27.1. The third kappa shape index (κ3) is 5.55. The van der Waals surface area contributed by atoms with Gasteiger partial charge in [0.05, 0.1) is 0 Å². The van der Waals surface area contributed by atoms with E-state index in [2.05, 4.69) is 79.7 Å². The predicted molar refractivity (Wildman–Crippen MR) is 248 cm³/mol. The Morgan fingerprint density at radius 3 is 0.724 bits per heavy atom. The van der Waals surface area contributed by atoms with E-state index in [1.54, 1.807) is 128 Å². The lowest BCUT2D eigenvalue weighted by atomic mass is 9.44. The summed E-state index contributed by atoms with van der Waals surface area (Å²) in [5.41, 5.74) is 8.65. The second-order valence-corrected chi connectivity index (χ2v) is 36.5. The largest absolute Gasteiger partial charge is 0.0894 e. The highest BCUT2D eigenvalue weighted by Crippen LogP contribution is 2.87. The Morgan fingerprint density at radius 2 is 0.534 bits per heavy atom. The van der Waals surface area contributed by atoms with Crippen molar-refractivity contribution >= 4 is 15.8 Å². The Balaban J connectivity index is 0.940. The minimum absolute atomic E-state index is 0.133. The molecule has 0 nitrogen and oxygen atoms in total. The smallest absolute Gasteiger partial charge is 0.00602 e. The van der Waals surface area contributed by atoms with Crippen LogP contribution in [0.3, 0.4) is 0 Å². The van der Waals surface area contributed by atoms with E-state index in [0.29, 0.717) is 63.9 Å². The molecule has 1 aromatic carbocycles. The highest BCUT2D eigenvalue weighted by Gasteiger charge is 2.71. The molecule has 16 fully saturated rings. The van der Waals surface area contributed by atoms with Crippen LogP contribution < -0.4 is 0 Å². The van der Waals surface area contributed by atoms with Gasteiger partial charge in [-0.05, 0) is 265 Å². The van der Waals surface area contributed by atoms with Gasteiger partial charge in [0.25, 0.3) is 0 Å². The quantitative estimate of drug-likeness (QED) is 0.229. The molecule has 1 aromatic rings. The van der Waals surface area contributed by atoms with Crippen molar-refractivity contribution in [2.75, 3.05) is 0 Å². The van der Waals surface area contributed by atoms with E-state index in [1.165, 1.54) is 38.0 Å². The monoisotopic (exact) mass is 819 g/mol. The average Bonchev–Trinajstić information content (AvgIpc) is 2.99. The first-order valence-corrected chi connectivity index (χ1v) is 28.7. The number of benzene rings is 1. The fourth-order valence-electron chi connectivity index (χ4n) is 25.6. The summed E-state index contributed by atoms with van der Waals surface area (Å²) >= 11 is 0. The van der Waals surface area contributed by atoms with Crippen molar-refractivity contribution < 1.29 is 0 Å². The van der Waals surface area contributed by atoms with Gasteiger partial charge in [0, 0.05) is 0 Å². The van der Waals surface area contributed by atoms with Gasteiger partial charge in [0.1, 0.15) is 0 Å². The number of rotatable bonds is 8. The summed E-state index contributed by atoms with van der Waals surface area (Å²) in [4.78, 5) is 0. The molecule has 0 aromatic heterocycles. The Labute approximate surface area is 359 Å². The molecule has 58 heavy (non-hydrogen) atoms. The lowest BCUT2D eigenvalue weighted by Crippen LogP contribution is -2.63. The van der Waals surface area contributed by atoms with Gasteiger partial charge in [-0.15, -0.1) is 0 Å². The Morgan fingerprint density at radius 1 is 0.328 bits per heavy atom. The van der Waals surface area contributed by atoms with Crippen molar-refractivity contribution in [1.29, 1.82) is 0 Å². The Kier molecular flexibility index (Phi) is 7.50. The third-order valence-electron chi connectivity index (χ3n) is 22.5. The van der Waals surface area contributed by atoms with E-state index in [0.717, 1.165) is 23.7 Å². The van der Waals surface area contributed by atoms with Crippen LogP contribution in [0.5, 0.6) is 0 Å². The molecule has 0 radical (unpaired) electrons. The molecule has 17 rings (SSSR count). The minimum atomic E-state index is -0.133. The molecule has 16 aliphatic carbocycles. The van der Waals surface area contributed by atoms with Crippen LogP contribution in [0.25, 0.3) is 0 Å². The van der Waals surface area contributed by atoms with E-state index in [1.807, 2.05) is 11.1 Å². The Hall–Kier alpha value is 0.0800. The lowest BCUT2D eigenvalue weighted by molar-refractivity contribution is -0.0928. The second kappa shape index (κ2) is 11.3. The second-order valence-electron chi connectivity index (χ2n) is 30.4. The summed E-state index contributed by atoms with van der Waals surface area (Å²) < 4.78 is 0. The van der Waals surface area contributed by atoms with Crippen molar-refractivity contribution in [3.63, 3.8) is 0 Å². The molecule has 0 amide bonds. The standard InChI is InChI=1S/C56H84P2/c1-45-13-39-14-46(2,27-45)32-53(21-39,31-45)57(54-22-40-15-47(3,33-54)28-48(4,16-40)34-54)25-43-11-9-10-12-44(43)26-58(55-23-41-17-49(5,35-55)29-50(6,18-41)36-55)56-24-42-19-51(7,37-56)30-52(8,20-42)38-56/h9-12,39-42H,13-38H2,1-8H3. The van der Waals surface area contributed by atoms with Gasteiger partial charge >= 0.3 is 0 Å². The van der Waals surface area contributed by atoms with Crippen molar-refractivity contribution in [2.24, 2.45) is 67.0 Å². The SMILES string of the molecule is CC12CC3CC(C)(C1)CC(P(Cc1ccccc1CP(C14CC5CC(C)(CC(C)(C5)C1)C4)C14CC5CC(C)(CC(C)(C5)C1)C4)C14CC5CC(C)(CC(C)(C5)C1)C4)(C3)C2. The van der Waals surface area contributed by atoms with E-state index in [-0.39, 0.29) is 15.8 Å². The van der Waals surface area contributed by atoms with Crippen LogP contribution in [-0.4, -0.2) is 20.6 Å². The fourth-order valence-corrected chi connectivity index (χ4v) is 36.8. The van der Waals surface area contributed by atoms with Gasteiger partial charge in [-0.1, -0.05) is 95.5 Å². The maximum atomic E-state index is 2.81. The maximum Gasteiger partial charge on any atom is -0.00602 e. The van der Waals surface area contributed by atoms with Crippen LogP contribution in [0.2, 0.25) is 0 Å². The fraction of sp³-hybridized carbons (Fsp3) is 0.893. The highest BCUT2D eigenvalue weighted by atomic mass is 31.1. The molecule has 318 valence electrons. The van der Waals surface area contributed by atoms with Crippen LogP contribution in [-0.2, 0) is 12.3 Å². The zero-order valence-electron chi connectivity index (χ0n) is 38.9. The molecule has 8 unspecified atom stereocenters. The van der Waals surface area contributed by atoms with E-state index in [4.69, 9.17) is 0 Å². The highest BCUT2D eigenvalue weighted by molar-refractivity contribution is 7.61. The summed E-state index contributed by atoms with van der Waals surface area (Å²) in [5, 5.41) is 2.50. The molecular weight excluding hydrogens is 735 g/mol. The average molecular weight is 819 g/mol. The van der Waals surface area contributed by atoms with Gasteiger partial charge in [-0.3, -0.25) is 0 Å². The first kappa shape index (κ1) is 38.5. The Bertz CT molecular complexity index is 1620. The van der Waals surface area contributed by atoms with Gasteiger partial charge in [-0.2, -0.15) is 0 Å². The van der Waals surface area contributed by atoms with Crippen molar-refractivity contribution in [2.45, 2.75) is 242 Å². The van der Waals surface area contributed by atoms with Crippen molar-refractivity contribution in [3.05, 3.63) is 35.4 Å². The normalized spacial score (nSPS) is 61.0. The molecule has 0 aliphatic heterocycles. The van der Waals surface area contributed by atoms with Gasteiger partial charge in [-0.25, -0.2) is 0 Å². The van der Waals surface area contributed by atoms with Crippen LogP contribution in [0, 0.1) is 67.0 Å². The maximum absolute atomic E-state index is 2.81. The molecule has 0 N–H and O–H groups in total. The van der Waals surface area contributed by atoms with Crippen LogP contribution in [0.4, 0.5) is 0 Å². The molecular formula is C56H84P2. The molecule has 0 saturated heterocycles. The predicted octanol–water partition coefficient (Wildman–Crippen LogP) is 16.6. The minimum Gasteiger partial charge on any atom is -0.0894 e. The van der Waals surface area contributed by atoms with Gasteiger partial charge in [0.15, 0.2) is 0 Å². The number of hydrogen-bond acceptors (Lipinski definition) is 0. The molecule has 16 saturated carbocycles. The molecule has 0 spiro atoms. The van der Waals surface area contributed by atoms with Crippen LogP contribution >= 0.6 is 15.8 Å². The first-order valence-electron chi connectivity index (χ1n) is 25.7.